The summed E-state index contributed by atoms with van der Waals surface area (Å²) in [7, 11) is 0. The van der Waals surface area contributed by atoms with E-state index in [0.717, 1.165) is 25.5 Å². The normalized spacial score (nSPS) is 12.6. The second kappa shape index (κ2) is 9.03. The van der Waals surface area contributed by atoms with Crippen molar-refractivity contribution in [1.29, 1.82) is 0 Å². The predicted octanol–water partition coefficient (Wildman–Crippen LogP) is 4.46. The highest BCUT2D eigenvalue weighted by Gasteiger charge is 2.11. The van der Waals surface area contributed by atoms with Crippen molar-refractivity contribution >= 4 is 0 Å². The van der Waals surface area contributed by atoms with Gasteiger partial charge in [0.25, 0.3) is 0 Å². The van der Waals surface area contributed by atoms with Crippen LogP contribution in [0.2, 0.25) is 0 Å². The number of rotatable bonds is 9. The second-order valence-corrected chi connectivity index (χ2v) is 5.04. The third-order valence-corrected chi connectivity index (χ3v) is 3.38. The quantitative estimate of drug-likeness (QED) is 0.653. The highest BCUT2D eigenvalue weighted by molar-refractivity contribution is 5.19. The van der Waals surface area contributed by atoms with Gasteiger partial charge < -0.3 is 5.32 Å². The largest absolute Gasteiger partial charge is 0.314 e. The van der Waals surface area contributed by atoms with E-state index in [0.29, 0.717) is 12.0 Å². The highest BCUT2D eigenvalue weighted by Crippen LogP contribution is 2.15. The third kappa shape index (κ3) is 6.15. The van der Waals surface area contributed by atoms with Gasteiger partial charge in [0, 0.05) is 12.1 Å². The molecule has 0 saturated heterocycles. The van der Waals surface area contributed by atoms with Crippen LogP contribution >= 0.6 is 0 Å². The van der Waals surface area contributed by atoms with E-state index in [1.807, 2.05) is 0 Å². The van der Waals surface area contributed by atoms with Crippen LogP contribution in [0.25, 0.3) is 0 Å². The maximum absolute atomic E-state index is 13.6. The summed E-state index contributed by atoms with van der Waals surface area (Å²) in [5.74, 6) is -0.944. The molecule has 1 nitrogen and oxygen atoms in total. The summed E-state index contributed by atoms with van der Waals surface area (Å²) in [4.78, 5) is 0. The van der Waals surface area contributed by atoms with Gasteiger partial charge in [0.05, 0.1) is 0 Å². The number of halogens is 2. The molecule has 0 saturated carbocycles. The van der Waals surface area contributed by atoms with E-state index < -0.39 is 11.6 Å². The van der Waals surface area contributed by atoms with Crippen LogP contribution in [0.15, 0.2) is 18.2 Å². The molecule has 1 rings (SSSR count). The lowest BCUT2D eigenvalue weighted by molar-refractivity contribution is 0.454. The number of unbranched alkanes of at least 4 members (excludes halogenated alkanes) is 3. The molecule has 0 aliphatic heterocycles. The molecular formula is C16H25F2N. The van der Waals surface area contributed by atoms with Crippen molar-refractivity contribution < 1.29 is 8.78 Å². The number of nitrogens with one attached hydrogen (secondary N) is 1. The first-order valence-electron chi connectivity index (χ1n) is 7.34. The Morgan fingerprint density at radius 1 is 1.11 bits per heavy atom. The molecule has 1 aromatic carbocycles. The standard InChI is InChI=1S/C16H25F2N/c1-3-5-6-7-8-15(19-4-2)11-13-9-10-14(17)12-16(13)18/h9-10,12,15,19H,3-8,11H2,1-2H3. The lowest BCUT2D eigenvalue weighted by Crippen LogP contribution is -2.31. The van der Waals surface area contributed by atoms with E-state index in [-0.39, 0.29) is 6.04 Å². The third-order valence-electron chi connectivity index (χ3n) is 3.38. The van der Waals surface area contributed by atoms with Crippen molar-refractivity contribution in [2.75, 3.05) is 6.54 Å². The van der Waals surface area contributed by atoms with E-state index >= 15 is 0 Å². The minimum atomic E-state index is -0.510. The smallest absolute Gasteiger partial charge is 0.129 e. The van der Waals surface area contributed by atoms with E-state index in [4.69, 9.17) is 0 Å². The van der Waals surface area contributed by atoms with E-state index in [9.17, 15) is 8.78 Å². The molecule has 1 aromatic rings. The molecule has 0 aliphatic rings. The maximum atomic E-state index is 13.6. The highest BCUT2D eigenvalue weighted by atomic mass is 19.1. The molecule has 0 aromatic heterocycles. The van der Waals surface area contributed by atoms with Crippen molar-refractivity contribution in [3.63, 3.8) is 0 Å². The predicted molar refractivity (Wildman–Crippen MR) is 76.3 cm³/mol. The van der Waals surface area contributed by atoms with Crippen molar-refractivity contribution in [3.05, 3.63) is 35.4 Å². The SMILES string of the molecule is CCCCCCC(Cc1ccc(F)cc1F)NCC. The van der Waals surface area contributed by atoms with Crippen LogP contribution in [0.5, 0.6) is 0 Å². The Morgan fingerprint density at radius 2 is 1.89 bits per heavy atom. The molecule has 0 radical (unpaired) electrons. The first kappa shape index (κ1) is 16.1. The maximum Gasteiger partial charge on any atom is 0.129 e. The van der Waals surface area contributed by atoms with Gasteiger partial charge >= 0.3 is 0 Å². The molecule has 0 heterocycles. The molecular weight excluding hydrogens is 244 g/mol. The average Bonchev–Trinajstić information content (AvgIpc) is 2.38. The molecule has 0 spiro atoms. The van der Waals surface area contributed by atoms with Crippen molar-refractivity contribution in [2.45, 2.75) is 58.4 Å². The van der Waals surface area contributed by atoms with Gasteiger partial charge in [-0.1, -0.05) is 45.6 Å². The Morgan fingerprint density at radius 3 is 2.53 bits per heavy atom. The molecule has 1 atom stereocenters. The monoisotopic (exact) mass is 269 g/mol. The lowest BCUT2D eigenvalue weighted by Gasteiger charge is -2.18. The van der Waals surface area contributed by atoms with Gasteiger partial charge in [-0.2, -0.15) is 0 Å². The molecule has 0 bridgehead atoms. The van der Waals surface area contributed by atoms with Crippen LogP contribution in [0.4, 0.5) is 8.78 Å². The molecule has 19 heavy (non-hydrogen) atoms. The first-order valence-corrected chi connectivity index (χ1v) is 7.34. The Balaban J connectivity index is 2.51. The lowest BCUT2D eigenvalue weighted by atomic mass is 9.99. The van der Waals surface area contributed by atoms with Crippen LogP contribution in [-0.2, 0) is 6.42 Å². The number of hydrogen-bond acceptors (Lipinski definition) is 1. The zero-order valence-corrected chi connectivity index (χ0v) is 12.0. The molecule has 1 N–H and O–H groups in total. The fraction of sp³-hybridized carbons (Fsp3) is 0.625. The summed E-state index contributed by atoms with van der Waals surface area (Å²) >= 11 is 0. The zero-order valence-electron chi connectivity index (χ0n) is 12.0. The number of likely N-dealkylation sites (N-methyl/N-ethyl adjacent to an activating group) is 1. The summed E-state index contributed by atoms with van der Waals surface area (Å²) in [5.41, 5.74) is 0.600. The van der Waals surface area contributed by atoms with Gasteiger partial charge in [-0.15, -0.1) is 0 Å². The molecule has 0 amide bonds. The molecule has 1 unspecified atom stereocenters. The van der Waals surface area contributed by atoms with Gasteiger partial charge in [0.1, 0.15) is 11.6 Å². The summed E-state index contributed by atoms with van der Waals surface area (Å²) in [6.07, 6.45) is 6.54. The van der Waals surface area contributed by atoms with Gasteiger partial charge in [0.15, 0.2) is 0 Å². The van der Waals surface area contributed by atoms with Gasteiger partial charge in [0.2, 0.25) is 0 Å². The van der Waals surface area contributed by atoms with Crippen molar-refractivity contribution in [1.82, 2.24) is 5.32 Å². The van der Waals surface area contributed by atoms with Crippen LogP contribution in [0, 0.1) is 11.6 Å². The first-order chi connectivity index (χ1) is 9.17. The molecule has 0 aliphatic carbocycles. The van der Waals surface area contributed by atoms with Crippen LogP contribution in [0.1, 0.15) is 51.5 Å². The van der Waals surface area contributed by atoms with Crippen LogP contribution < -0.4 is 5.32 Å². The fourth-order valence-corrected chi connectivity index (χ4v) is 2.34. The van der Waals surface area contributed by atoms with Gasteiger partial charge in [-0.05, 0) is 31.0 Å². The molecule has 0 fully saturated rings. The summed E-state index contributed by atoms with van der Waals surface area (Å²) in [5, 5.41) is 3.39. The Bertz CT molecular complexity index is 366. The zero-order chi connectivity index (χ0) is 14.1. The number of hydrogen-bond donors (Lipinski definition) is 1. The summed E-state index contributed by atoms with van der Waals surface area (Å²) < 4.78 is 26.5. The summed E-state index contributed by atoms with van der Waals surface area (Å²) in [6, 6.07) is 4.14. The second-order valence-electron chi connectivity index (χ2n) is 5.04. The average molecular weight is 269 g/mol. The Kier molecular flexibility index (Phi) is 7.65. The van der Waals surface area contributed by atoms with Gasteiger partial charge in [-0.25, -0.2) is 8.78 Å². The minimum absolute atomic E-state index is 0.279. The van der Waals surface area contributed by atoms with E-state index in [2.05, 4.69) is 19.2 Å². The molecule has 108 valence electrons. The topological polar surface area (TPSA) is 12.0 Å². The summed E-state index contributed by atoms with van der Waals surface area (Å²) in [6.45, 7) is 5.12. The van der Waals surface area contributed by atoms with E-state index in [1.54, 1.807) is 6.07 Å². The minimum Gasteiger partial charge on any atom is -0.314 e. The fourth-order valence-electron chi connectivity index (χ4n) is 2.34. The Hall–Kier alpha value is -0.960. The van der Waals surface area contributed by atoms with Crippen molar-refractivity contribution in [2.24, 2.45) is 0 Å². The van der Waals surface area contributed by atoms with Crippen molar-refractivity contribution in [3.8, 4) is 0 Å². The van der Waals surface area contributed by atoms with E-state index in [1.165, 1.54) is 25.3 Å². The molecule has 3 heteroatoms. The number of benzene rings is 1. The van der Waals surface area contributed by atoms with Gasteiger partial charge in [-0.3, -0.25) is 0 Å². The van der Waals surface area contributed by atoms with Crippen LogP contribution in [0.3, 0.4) is 0 Å². The van der Waals surface area contributed by atoms with Crippen LogP contribution in [-0.4, -0.2) is 12.6 Å². The Labute approximate surface area is 115 Å².